The highest BCUT2D eigenvalue weighted by atomic mass is 16.3. The zero-order chi connectivity index (χ0) is 37.7. The number of rotatable bonds is 6. The van der Waals surface area contributed by atoms with Gasteiger partial charge in [-0.05, 0) is 119 Å². The van der Waals surface area contributed by atoms with Crippen LogP contribution in [0.4, 0.5) is 0 Å². The minimum atomic E-state index is 0.236. The number of furan rings is 1. The lowest BCUT2D eigenvalue weighted by Crippen LogP contribution is -2.32. The molecule has 0 saturated heterocycles. The lowest BCUT2D eigenvalue weighted by atomic mass is 9.79. The first-order chi connectivity index (χ1) is 28.3. The van der Waals surface area contributed by atoms with Gasteiger partial charge in [-0.2, -0.15) is 0 Å². The van der Waals surface area contributed by atoms with Gasteiger partial charge in [-0.1, -0.05) is 146 Å². The Balaban J connectivity index is 1.00. The number of nitrogens with one attached hydrogen (secondary N) is 1. The van der Waals surface area contributed by atoms with Crippen molar-refractivity contribution >= 4 is 27.8 Å². The van der Waals surface area contributed by atoms with E-state index in [-0.39, 0.29) is 18.0 Å². The van der Waals surface area contributed by atoms with Gasteiger partial charge in [0.2, 0.25) is 0 Å². The summed E-state index contributed by atoms with van der Waals surface area (Å²) in [5.41, 5.74) is 17.3. The first-order valence-electron chi connectivity index (χ1n) is 21.0. The highest BCUT2D eigenvalue weighted by Gasteiger charge is 2.36. The average Bonchev–Trinajstić information content (AvgIpc) is 3.73. The van der Waals surface area contributed by atoms with Crippen molar-refractivity contribution in [3.63, 3.8) is 0 Å². The second kappa shape index (κ2) is 14.4. The van der Waals surface area contributed by atoms with Gasteiger partial charge in [0, 0.05) is 28.2 Å². The number of nitrogens with zero attached hydrogens (tertiary/aromatic N) is 1. The molecule has 1 N–H and O–H groups in total. The first-order valence-corrected chi connectivity index (χ1v) is 21.0. The minimum absolute atomic E-state index is 0.236. The van der Waals surface area contributed by atoms with Crippen LogP contribution in [0.3, 0.4) is 0 Å². The molecule has 4 unspecified atom stereocenters. The summed E-state index contributed by atoms with van der Waals surface area (Å²) in [5.74, 6) is 1.59. The van der Waals surface area contributed by atoms with Gasteiger partial charge in [0.1, 0.15) is 17.0 Å². The van der Waals surface area contributed by atoms with E-state index in [2.05, 4.69) is 169 Å². The summed E-state index contributed by atoms with van der Waals surface area (Å²) in [7, 11) is 0. The molecule has 2 aliphatic carbocycles. The molecule has 0 saturated carbocycles. The van der Waals surface area contributed by atoms with Crippen molar-refractivity contribution in [3.8, 4) is 22.3 Å². The van der Waals surface area contributed by atoms with Gasteiger partial charge in [-0.25, -0.2) is 0 Å². The summed E-state index contributed by atoms with van der Waals surface area (Å²) in [6.07, 6.45) is 7.52. The monoisotopic (exact) mass is 738 g/mol. The highest BCUT2D eigenvalue weighted by Crippen LogP contribution is 2.55. The van der Waals surface area contributed by atoms with E-state index in [0.29, 0.717) is 5.92 Å². The lowest BCUT2D eigenvalue weighted by molar-refractivity contribution is 0.457. The normalized spacial score (nSPS) is 20.9. The Hall–Kier alpha value is -6.19. The fourth-order valence-corrected chi connectivity index (χ4v) is 10.4. The SMILES string of the molecule is c1ccc(/C2=N/C(CCC3c4ccccc4-c4ccc5c(c43)-c3ccccc3CCC5c3ccc4oc5ccccc5c4c3)CCCC(c3ccccc3)N2)cc1. The molecule has 57 heavy (non-hydrogen) atoms. The third-order valence-electron chi connectivity index (χ3n) is 13.1. The van der Waals surface area contributed by atoms with Gasteiger partial charge in [-0.15, -0.1) is 0 Å². The number of hydrogen-bond donors (Lipinski definition) is 1. The number of hydrogen-bond acceptors (Lipinski definition) is 3. The van der Waals surface area contributed by atoms with Gasteiger partial charge in [0.05, 0.1) is 12.1 Å². The molecule has 0 bridgehead atoms. The second-order valence-corrected chi connectivity index (χ2v) is 16.3. The van der Waals surface area contributed by atoms with Crippen LogP contribution < -0.4 is 5.32 Å². The summed E-state index contributed by atoms with van der Waals surface area (Å²) in [6.45, 7) is 0. The average molecular weight is 739 g/mol. The van der Waals surface area contributed by atoms with E-state index in [0.717, 1.165) is 67.5 Å². The van der Waals surface area contributed by atoms with Gasteiger partial charge >= 0.3 is 0 Å². The van der Waals surface area contributed by atoms with Crippen molar-refractivity contribution in [2.45, 2.75) is 68.9 Å². The van der Waals surface area contributed by atoms with E-state index < -0.39 is 0 Å². The molecule has 4 atom stereocenters. The Kier molecular flexibility index (Phi) is 8.61. The van der Waals surface area contributed by atoms with Gasteiger partial charge < -0.3 is 9.73 Å². The van der Waals surface area contributed by atoms with E-state index >= 15 is 0 Å². The zero-order valence-corrected chi connectivity index (χ0v) is 32.2. The summed E-state index contributed by atoms with van der Waals surface area (Å²) in [6, 6.07) is 60.9. The first kappa shape index (κ1) is 34.1. The van der Waals surface area contributed by atoms with Crippen LogP contribution in [-0.2, 0) is 6.42 Å². The smallest absolute Gasteiger partial charge is 0.135 e. The largest absolute Gasteiger partial charge is 0.456 e. The standard InChI is InChI=1S/C54H46N2O/c1-3-15-36(16-4-1)49-24-13-19-39(55-54(56-49)37-17-5-2-6-18-37)28-30-46-42-21-9-10-22-43(42)47-32-31-45-40(29-26-35-14-7-8-20-41(35)52(45)53(46)47)38-27-33-51-48(34-38)44-23-11-12-25-50(44)57-51/h1-12,14-18,20-23,25,27,31-34,39-40,46,49H,13,19,24,26,28-30H2,(H,55,56). The third kappa shape index (κ3) is 6.08. The molecule has 0 amide bonds. The molecule has 0 fully saturated rings. The summed E-state index contributed by atoms with van der Waals surface area (Å²) in [4.78, 5) is 5.58. The van der Waals surface area contributed by atoms with Crippen LogP contribution in [0.1, 0.15) is 95.3 Å². The topological polar surface area (TPSA) is 37.5 Å². The van der Waals surface area contributed by atoms with Crippen molar-refractivity contribution in [2.24, 2.45) is 4.99 Å². The quantitative estimate of drug-likeness (QED) is 0.184. The molecule has 2 heterocycles. The molecule has 1 aromatic heterocycles. The molecule has 3 aliphatic rings. The number of para-hydroxylation sites is 1. The fraction of sp³-hybridized carbons (Fsp3) is 0.204. The molecule has 8 aromatic rings. The van der Waals surface area contributed by atoms with Crippen LogP contribution in [0.5, 0.6) is 0 Å². The van der Waals surface area contributed by atoms with Crippen molar-refractivity contribution in [1.29, 1.82) is 0 Å². The summed E-state index contributed by atoms with van der Waals surface area (Å²) in [5, 5.41) is 6.31. The Labute approximate surface area is 335 Å². The van der Waals surface area contributed by atoms with Gasteiger partial charge in [0.15, 0.2) is 0 Å². The number of aliphatic imine (C=N–C) groups is 1. The van der Waals surface area contributed by atoms with E-state index in [1.165, 1.54) is 66.4 Å². The van der Waals surface area contributed by atoms with Gasteiger partial charge in [-0.3, -0.25) is 4.99 Å². The summed E-state index contributed by atoms with van der Waals surface area (Å²) >= 11 is 0. The minimum Gasteiger partial charge on any atom is -0.456 e. The van der Waals surface area contributed by atoms with Crippen molar-refractivity contribution in [1.82, 2.24) is 5.32 Å². The molecule has 0 radical (unpaired) electrons. The van der Waals surface area contributed by atoms with E-state index in [1.807, 2.05) is 0 Å². The number of amidine groups is 1. The Bertz CT molecular complexity index is 2780. The van der Waals surface area contributed by atoms with Crippen LogP contribution >= 0.6 is 0 Å². The Morgan fingerprint density at radius 3 is 2.21 bits per heavy atom. The molecule has 0 spiro atoms. The predicted octanol–water partition coefficient (Wildman–Crippen LogP) is 13.6. The number of benzene rings is 7. The molecule has 7 aromatic carbocycles. The van der Waals surface area contributed by atoms with Crippen molar-refractivity contribution < 1.29 is 4.42 Å². The Morgan fingerprint density at radius 2 is 1.32 bits per heavy atom. The zero-order valence-electron chi connectivity index (χ0n) is 32.2. The molecular weight excluding hydrogens is 693 g/mol. The van der Waals surface area contributed by atoms with Crippen LogP contribution in [-0.4, -0.2) is 11.9 Å². The molecular formula is C54H46N2O. The van der Waals surface area contributed by atoms with Crippen LogP contribution in [0.15, 0.2) is 173 Å². The fourth-order valence-electron chi connectivity index (χ4n) is 10.4. The van der Waals surface area contributed by atoms with Gasteiger partial charge in [0.25, 0.3) is 0 Å². The maximum absolute atomic E-state index is 6.29. The maximum Gasteiger partial charge on any atom is 0.135 e. The summed E-state index contributed by atoms with van der Waals surface area (Å²) < 4.78 is 6.29. The van der Waals surface area contributed by atoms with Crippen LogP contribution in [0, 0.1) is 0 Å². The molecule has 3 heteroatoms. The maximum atomic E-state index is 6.29. The van der Waals surface area contributed by atoms with Crippen LogP contribution in [0.25, 0.3) is 44.2 Å². The Morgan fingerprint density at radius 1 is 0.561 bits per heavy atom. The molecule has 278 valence electrons. The van der Waals surface area contributed by atoms with E-state index in [9.17, 15) is 0 Å². The van der Waals surface area contributed by atoms with Crippen molar-refractivity contribution in [3.05, 3.63) is 203 Å². The third-order valence-corrected chi connectivity index (χ3v) is 13.1. The molecule has 3 nitrogen and oxygen atoms in total. The number of aryl methyl sites for hydroxylation is 1. The predicted molar refractivity (Wildman–Crippen MR) is 235 cm³/mol. The highest BCUT2D eigenvalue weighted by molar-refractivity contribution is 6.05. The lowest BCUT2D eigenvalue weighted by Gasteiger charge is -2.28. The van der Waals surface area contributed by atoms with E-state index in [4.69, 9.17) is 9.41 Å². The molecule has 1 aliphatic heterocycles. The number of fused-ring (bicyclic) bond motifs is 10. The van der Waals surface area contributed by atoms with Crippen molar-refractivity contribution in [2.75, 3.05) is 0 Å². The van der Waals surface area contributed by atoms with Crippen LogP contribution in [0.2, 0.25) is 0 Å². The molecule has 11 rings (SSSR count). The van der Waals surface area contributed by atoms with E-state index in [1.54, 1.807) is 0 Å². The second-order valence-electron chi connectivity index (χ2n) is 16.3.